The highest BCUT2D eigenvalue weighted by molar-refractivity contribution is 5.96. The average molecular weight is 279 g/mol. The van der Waals surface area contributed by atoms with Crippen LogP contribution in [0.5, 0.6) is 11.5 Å². The Morgan fingerprint density at radius 1 is 1.26 bits per heavy atom. The van der Waals surface area contributed by atoms with Crippen LogP contribution in [0.25, 0.3) is 0 Å². The van der Waals surface area contributed by atoms with Crippen molar-refractivity contribution in [3.8, 4) is 11.5 Å². The lowest BCUT2D eigenvalue weighted by molar-refractivity contribution is -0.184. The van der Waals surface area contributed by atoms with Gasteiger partial charge in [0, 0.05) is 0 Å². The number of rotatable bonds is 5. The quantitative estimate of drug-likeness (QED) is 0.837. The molecule has 1 aromatic rings. The fraction of sp³-hybridized carbons (Fsp3) is 0.364. The van der Waals surface area contributed by atoms with E-state index in [1.165, 1.54) is 26.4 Å². The van der Waals surface area contributed by atoms with Crippen LogP contribution in [0.4, 0.5) is 13.2 Å². The molecule has 19 heavy (non-hydrogen) atoms. The van der Waals surface area contributed by atoms with Gasteiger partial charge in [0.05, 0.1) is 19.8 Å². The minimum absolute atomic E-state index is 0.00373. The zero-order chi connectivity index (χ0) is 14.5. The van der Waals surface area contributed by atoms with E-state index >= 15 is 0 Å². The predicted octanol–water partition coefficient (Wildman–Crippen LogP) is 1.93. The molecule has 0 bridgehead atoms. The molecule has 0 saturated heterocycles. The van der Waals surface area contributed by atoms with E-state index in [4.69, 9.17) is 9.47 Å². The number of benzene rings is 1. The summed E-state index contributed by atoms with van der Waals surface area (Å²) in [5, 5.41) is 0. The molecule has 5 nitrogen and oxygen atoms in total. The van der Waals surface area contributed by atoms with Gasteiger partial charge in [-0.15, -0.1) is 0 Å². The van der Waals surface area contributed by atoms with Crippen LogP contribution in [0.3, 0.4) is 0 Å². The van der Waals surface area contributed by atoms with Crippen molar-refractivity contribution in [1.29, 1.82) is 0 Å². The van der Waals surface area contributed by atoms with E-state index in [0.717, 1.165) is 0 Å². The Balaban J connectivity index is 2.75. The van der Waals surface area contributed by atoms with Gasteiger partial charge >= 0.3 is 6.18 Å². The van der Waals surface area contributed by atoms with E-state index in [2.05, 4.69) is 4.84 Å². The van der Waals surface area contributed by atoms with E-state index in [1.54, 1.807) is 11.5 Å². The second kappa shape index (κ2) is 6.28. The third kappa shape index (κ3) is 4.66. The number of ether oxygens (including phenoxy) is 2. The number of alkyl halides is 3. The normalized spacial score (nSPS) is 11.0. The molecular formula is C11H12F3NO4. The fourth-order valence-electron chi connectivity index (χ4n) is 1.23. The van der Waals surface area contributed by atoms with Crippen molar-refractivity contribution in [3.05, 3.63) is 23.8 Å². The van der Waals surface area contributed by atoms with Gasteiger partial charge in [0.15, 0.2) is 6.61 Å². The van der Waals surface area contributed by atoms with Crippen molar-refractivity contribution in [2.75, 3.05) is 20.8 Å². The first-order valence-electron chi connectivity index (χ1n) is 5.08. The second-order valence-corrected chi connectivity index (χ2v) is 3.40. The number of amides is 1. The number of halogens is 3. The van der Waals surface area contributed by atoms with Crippen molar-refractivity contribution in [1.82, 2.24) is 5.48 Å². The van der Waals surface area contributed by atoms with E-state index in [1.807, 2.05) is 0 Å². The fourth-order valence-corrected chi connectivity index (χ4v) is 1.23. The minimum atomic E-state index is -4.52. The Kier molecular flexibility index (Phi) is 4.99. The van der Waals surface area contributed by atoms with Crippen molar-refractivity contribution in [2.45, 2.75) is 6.18 Å². The van der Waals surface area contributed by atoms with E-state index in [0.29, 0.717) is 5.75 Å². The summed E-state index contributed by atoms with van der Waals surface area (Å²) < 4.78 is 45.4. The Labute approximate surface area is 107 Å². The van der Waals surface area contributed by atoms with Crippen LogP contribution in [0, 0.1) is 0 Å². The number of hydrogen-bond acceptors (Lipinski definition) is 4. The highest BCUT2D eigenvalue weighted by Gasteiger charge is 2.28. The van der Waals surface area contributed by atoms with E-state index in [9.17, 15) is 18.0 Å². The molecule has 1 aromatic carbocycles. The van der Waals surface area contributed by atoms with Gasteiger partial charge in [0.1, 0.15) is 11.5 Å². The predicted molar refractivity (Wildman–Crippen MR) is 59.0 cm³/mol. The van der Waals surface area contributed by atoms with Crippen molar-refractivity contribution >= 4 is 5.91 Å². The summed E-state index contributed by atoms with van der Waals surface area (Å²) in [6, 6.07) is 4.33. The SMILES string of the molecule is COc1ccc(OC)c(C(=O)NOCC(F)(F)F)c1. The maximum absolute atomic E-state index is 11.9. The van der Waals surface area contributed by atoms with Crippen LogP contribution in [-0.2, 0) is 4.84 Å². The van der Waals surface area contributed by atoms with Gasteiger partial charge in [0.25, 0.3) is 5.91 Å². The maximum Gasteiger partial charge on any atom is 0.414 e. The first-order valence-corrected chi connectivity index (χ1v) is 5.08. The van der Waals surface area contributed by atoms with Gasteiger partial charge in [-0.3, -0.25) is 9.63 Å². The topological polar surface area (TPSA) is 56.8 Å². The molecule has 0 atom stereocenters. The molecule has 0 aromatic heterocycles. The van der Waals surface area contributed by atoms with Crippen LogP contribution < -0.4 is 15.0 Å². The molecule has 0 fully saturated rings. The molecule has 1 rings (SSSR count). The molecule has 106 valence electrons. The zero-order valence-electron chi connectivity index (χ0n) is 10.2. The number of carbonyl (C=O) groups excluding carboxylic acids is 1. The molecule has 8 heteroatoms. The van der Waals surface area contributed by atoms with Gasteiger partial charge < -0.3 is 9.47 Å². The van der Waals surface area contributed by atoms with Crippen LogP contribution in [0.15, 0.2) is 18.2 Å². The largest absolute Gasteiger partial charge is 0.497 e. The first-order chi connectivity index (χ1) is 8.87. The Morgan fingerprint density at radius 3 is 2.47 bits per heavy atom. The Hall–Kier alpha value is -1.96. The molecule has 1 amide bonds. The molecule has 0 aliphatic rings. The number of hydrogen-bond donors (Lipinski definition) is 1. The summed E-state index contributed by atoms with van der Waals surface area (Å²) in [5.41, 5.74) is 1.69. The highest BCUT2D eigenvalue weighted by Crippen LogP contribution is 2.23. The lowest BCUT2D eigenvalue weighted by Crippen LogP contribution is -2.29. The van der Waals surface area contributed by atoms with Crippen molar-refractivity contribution < 1.29 is 32.3 Å². The smallest absolute Gasteiger partial charge is 0.414 e. The lowest BCUT2D eigenvalue weighted by Gasteiger charge is -2.11. The monoisotopic (exact) mass is 279 g/mol. The summed E-state index contributed by atoms with van der Waals surface area (Å²) in [4.78, 5) is 15.7. The van der Waals surface area contributed by atoms with Crippen LogP contribution >= 0.6 is 0 Å². The third-order valence-corrected chi connectivity index (χ3v) is 2.05. The molecule has 0 aliphatic carbocycles. The van der Waals surface area contributed by atoms with Gasteiger partial charge in [-0.25, -0.2) is 5.48 Å². The second-order valence-electron chi connectivity index (χ2n) is 3.40. The molecule has 0 heterocycles. The van der Waals surface area contributed by atoms with Crippen LogP contribution in [0.1, 0.15) is 10.4 Å². The number of nitrogens with one attached hydrogen (secondary N) is 1. The summed E-state index contributed by atoms with van der Waals surface area (Å²) in [5.74, 6) is -0.310. The Morgan fingerprint density at radius 2 is 1.95 bits per heavy atom. The summed E-state index contributed by atoms with van der Waals surface area (Å²) in [6.07, 6.45) is -4.52. The maximum atomic E-state index is 11.9. The Bertz CT molecular complexity index is 448. The molecular weight excluding hydrogens is 267 g/mol. The number of carbonyl (C=O) groups is 1. The summed E-state index contributed by atoms with van der Waals surface area (Å²) >= 11 is 0. The zero-order valence-corrected chi connectivity index (χ0v) is 10.2. The van der Waals surface area contributed by atoms with E-state index in [-0.39, 0.29) is 11.3 Å². The molecule has 0 spiro atoms. The number of hydroxylamine groups is 1. The standard InChI is InChI=1S/C11H12F3NO4/c1-17-7-3-4-9(18-2)8(5-7)10(16)15-19-6-11(12,13)14/h3-5H,6H2,1-2H3,(H,15,16). The minimum Gasteiger partial charge on any atom is -0.497 e. The molecule has 0 radical (unpaired) electrons. The molecule has 0 unspecified atom stereocenters. The lowest BCUT2D eigenvalue weighted by atomic mass is 10.2. The van der Waals surface area contributed by atoms with Gasteiger partial charge in [-0.1, -0.05) is 0 Å². The van der Waals surface area contributed by atoms with Gasteiger partial charge in [0.2, 0.25) is 0 Å². The highest BCUT2D eigenvalue weighted by atomic mass is 19.4. The van der Waals surface area contributed by atoms with Crippen LogP contribution in [0.2, 0.25) is 0 Å². The van der Waals surface area contributed by atoms with Gasteiger partial charge in [-0.2, -0.15) is 13.2 Å². The number of methoxy groups -OCH3 is 2. The molecule has 0 aliphatic heterocycles. The van der Waals surface area contributed by atoms with Crippen molar-refractivity contribution in [2.24, 2.45) is 0 Å². The van der Waals surface area contributed by atoms with Gasteiger partial charge in [-0.05, 0) is 18.2 Å². The third-order valence-electron chi connectivity index (χ3n) is 2.05. The van der Waals surface area contributed by atoms with E-state index < -0.39 is 18.7 Å². The first kappa shape index (κ1) is 15.1. The summed E-state index contributed by atoms with van der Waals surface area (Å²) in [6.45, 7) is -1.58. The molecule has 1 N–H and O–H groups in total. The average Bonchev–Trinajstić information content (AvgIpc) is 2.36. The van der Waals surface area contributed by atoms with Crippen LogP contribution in [-0.4, -0.2) is 32.9 Å². The molecule has 0 saturated carbocycles. The summed E-state index contributed by atoms with van der Waals surface area (Å²) in [7, 11) is 2.72. The van der Waals surface area contributed by atoms with Crippen molar-refractivity contribution in [3.63, 3.8) is 0 Å².